The van der Waals surface area contributed by atoms with E-state index in [4.69, 9.17) is 26.8 Å². The zero-order valence-corrected chi connectivity index (χ0v) is 29.6. The molecular formula is C45H30N5PS. The van der Waals surface area contributed by atoms with E-state index in [2.05, 4.69) is 131 Å². The molecule has 3 heterocycles. The number of rotatable bonds is 5. The minimum atomic E-state index is -2.69. The number of nitrogens with zero attached hydrogens (tertiary/aromatic N) is 5. The van der Waals surface area contributed by atoms with Gasteiger partial charge in [0.05, 0.1) is 22.9 Å². The molecular weight excluding hydrogens is 674 g/mol. The highest BCUT2D eigenvalue weighted by molar-refractivity contribution is 8.23. The Labute approximate surface area is 306 Å². The Kier molecular flexibility index (Phi) is 7.20. The molecule has 9 aromatic rings. The normalized spacial score (nSPS) is 15.0. The van der Waals surface area contributed by atoms with E-state index >= 15 is 0 Å². The standard InChI is InChI=1S/C45H30N5PS/c52-51(34-23-11-4-12-24-34)40-28-16-14-26-36(40)38-30-29-37-35-25-13-15-27-39(35)49(41(37)42(38)50(51)33-21-9-3-10-22-33)45-47-43(31-17-5-1-6-18-31)46-44(48-45)32-19-7-2-8-20-32/h1-30H. The van der Waals surface area contributed by atoms with E-state index in [1.54, 1.807) is 0 Å². The van der Waals surface area contributed by atoms with Crippen molar-refractivity contribution in [2.24, 2.45) is 0 Å². The van der Waals surface area contributed by atoms with Crippen LogP contribution in [0.25, 0.3) is 61.7 Å². The lowest BCUT2D eigenvalue weighted by molar-refractivity contribution is 0.953. The molecule has 0 saturated heterocycles. The summed E-state index contributed by atoms with van der Waals surface area (Å²) in [6.45, 7) is 0. The van der Waals surface area contributed by atoms with Crippen LogP contribution in [-0.2, 0) is 11.8 Å². The van der Waals surface area contributed by atoms with Crippen molar-refractivity contribution in [1.82, 2.24) is 19.5 Å². The molecule has 1 aliphatic rings. The zero-order chi connectivity index (χ0) is 34.6. The molecule has 7 heteroatoms. The van der Waals surface area contributed by atoms with Gasteiger partial charge in [-0.3, -0.25) is 4.57 Å². The summed E-state index contributed by atoms with van der Waals surface area (Å²) in [4.78, 5) is 15.6. The molecule has 5 nitrogen and oxygen atoms in total. The first-order valence-electron chi connectivity index (χ1n) is 17.2. The lowest BCUT2D eigenvalue weighted by Gasteiger charge is -2.43. The van der Waals surface area contributed by atoms with Gasteiger partial charge in [0.1, 0.15) is 0 Å². The molecule has 0 N–H and O–H groups in total. The Hall–Kier alpha value is -6.20. The predicted molar refractivity (Wildman–Crippen MR) is 219 cm³/mol. The lowest BCUT2D eigenvalue weighted by Crippen LogP contribution is -2.33. The molecule has 0 bridgehead atoms. The van der Waals surface area contributed by atoms with Gasteiger partial charge in [-0.25, -0.2) is 4.98 Å². The van der Waals surface area contributed by atoms with Gasteiger partial charge in [-0.2, -0.15) is 9.97 Å². The van der Waals surface area contributed by atoms with Crippen molar-refractivity contribution in [1.29, 1.82) is 0 Å². The molecule has 1 unspecified atom stereocenters. The van der Waals surface area contributed by atoms with E-state index in [-0.39, 0.29) is 0 Å². The first-order valence-corrected chi connectivity index (χ1v) is 20.0. The van der Waals surface area contributed by atoms with E-state index in [0.29, 0.717) is 17.6 Å². The summed E-state index contributed by atoms with van der Waals surface area (Å²) in [6, 6.07) is 63.3. The van der Waals surface area contributed by atoms with Crippen LogP contribution in [-0.4, -0.2) is 19.5 Å². The van der Waals surface area contributed by atoms with E-state index in [0.717, 1.165) is 60.7 Å². The van der Waals surface area contributed by atoms with Crippen LogP contribution < -0.4 is 15.3 Å². The predicted octanol–water partition coefficient (Wildman–Crippen LogP) is 10.5. The Morgan fingerprint density at radius 3 is 1.69 bits per heavy atom. The van der Waals surface area contributed by atoms with Gasteiger partial charge < -0.3 is 4.67 Å². The van der Waals surface area contributed by atoms with E-state index in [1.165, 1.54) is 5.30 Å². The third-order valence-electron chi connectivity index (χ3n) is 9.82. The Bertz CT molecular complexity index is 2760. The zero-order valence-electron chi connectivity index (χ0n) is 27.9. The van der Waals surface area contributed by atoms with Crippen molar-refractivity contribution < 1.29 is 0 Å². The number of benzene rings is 7. The molecule has 1 atom stereocenters. The largest absolute Gasteiger partial charge is 0.303 e. The SMILES string of the molecule is S=P1(c2ccccc2)c2ccccc2-c2ccc3c4ccccc4n(-c4nc(-c5ccccc5)nc(-c5ccccc5)n4)c3c2N1c1ccccc1. The minimum absolute atomic E-state index is 0.548. The van der Waals surface area contributed by atoms with E-state index < -0.39 is 6.19 Å². The summed E-state index contributed by atoms with van der Waals surface area (Å²) in [7, 11) is 0. The fourth-order valence-corrected chi connectivity index (χ4v) is 12.0. The maximum Gasteiger partial charge on any atom is 0.238 e. The number of hydrogen-bond acceptors (Lipinski definition) is 4. The van der Waals surface area contributed by atoms with Gasteiger partial charge in [-0.05, 0) is 23.8 Å². The van der Waals surface area contributed by atoms with Crippen LogP contribution in [0.2, 0.25) is 0 Å². The van der Waals surface area contributed by atoms with Gasteiger partial charge in [0, 0.05) is 43.8 Å². The van der Waals surface area contributed by atoms with Crippen LogP contribution in [0.5, 0.6) is 0 Å². The summed E-state index contributed by atoms with van der Waals surface area (Å²) in [5.41, 5.74) is 8.22. The summed E-state index contributed by atoms with van der Waals surface area (Å²) in [5, 5.41) is 4.52. The second kappa shape index (κ2) is 12.2. The van der Waals surface area contributed by atoms with Crippen molar-refractivity contribution in [3.05, 3.63) is 182 Å². The van der Waals surface area contributed by atoms with Gasteiger partial charge in [0.2, 0.25) is 5.95 Å². The number of fused-ring (bicyclic) bond motifs is 7. The Morgan fingerprint density at radius 1 is 0.462 bits per heavy atom. The van der Waals surface area contributed by atoms with Gasteiger partial charge in [-0.1, -0.05) is 176 Å². The number of para-hydroxylation sites is 2. The van der Waals surface area contributed by atoms with E-state index in [1.807, 2.05) is 60.7 Å². The fraction of sp³-hybridized carbons (Fsp3) is 0. The minimum Gasteiger partial charge on any atom is -0.303 e. The Morgan fingerprint density at radius 2 is 1.02 bits per heavy atom. The van der Waals surface area contributed by atoms with Crippen molar-refractivity contribution in [3.8, 4) is 39.9 Å². The first kappa shape index (κ1) is 30.6. The molecule has 0 saturated carbocycles. The highest BCUT2D eigenvalue weighted by Crippen LogP contribution is 2.63. The highest BCUT2D eigenvalue weighted by Gasteiger charge is 2.41. The summed E-state index contributed by atoms with van der Waals surface area (Å²) in [6.07, 6.45) is -2.69. The molecule has 0 amide bonds. The molecule has 246 valence electrons. The van der Waals surface area contributed by atoms with Crippen LogP contribution in [0, 0.1) is 0 Å². The molecule has 0 radical (unpaired) electrons. The van der Waals surface area contributed by atoms with Gasteiger partial charge in [-0.15, -0.1) is 0 Å². The van der Waals surface area contributed by atoms with Gasteiger partial charge >= 0.3 is 0 Å². The maximum atomic E-state index is 7.11. The van der Waals surface area contributed by atoms with Crippen molar-refractivity contribution >= 4 is 61.8 Å². The first-order chi connectivity index (χ1) is 25.7. The fourth-order valence-electron chi connectivity index (χ4n) is 7.54. The summed E-state index contributed by atoms with van der Waals surface area (Å²) in [5.74, 6) is 1.77. The van der Waals surface area contributed by atoms with Crippen LogP contribution in [0.3, 0.4) is 0 Å². The van der Waals surface area contributed by atoms with Crippen molar-refractivity contribution in [3.63, 3.8) is 0 Å². The molecule has 2 aromatic heterocycles. The Balaban J connectivity index is 1.38. The highest BCUT2D eigenvalue weighted by atomic mass is 32.4. The van der Waals surface area contributed by atoms with Gasteiger partial charge in [0.15, 0.2) is 11.6 Å². The van der Waals surface area contributed by atoms with Gasteiger partial charge in [0.25, 0.3) is 0 Å². The molecule has 0 fully saturated rings. The molecule has 0 aliphatic carbocycles. The number of aromatic nitrogens is 4. The van der Waals surface area contributed by atoms with Crippen LogP contribution in [0.15, 0.2) is 182 Å². The third kappa shape index (κ3) is 4.69. The molecule has 10 rings (SSSR count). The number of hydrogen-bond donors (Lipinski definition) is 0. The van der Waals surface area contributed by atoms with Crippen molar-refractivity contribution in [2.45, 2.75) is 0 Å². The van der Waals surface area contributed by atoms with E-state index in [9.17, 15) is 0 Å². The average Bonchev–Trinajstić information content (AvgIpc) is 3.57. The number of anilines is 2. The van der Waals surface area contributed by atoms with Crippen LogP contribution >= 0.6 is 6.19 Å². The maximum absolute atomic E-state index is 7.11. The molecule has 1 aliphatic heterocycles. The summed E-state index contributed by atoms with van der Waals surface area (Å²) < 4.78 is 4.70. The molecule has 52 heavy (non-hydrogen) atoms. The molecule has 0 spiro atoms. The van der Waals surface area contributed by atoms with Crippen LogP contribution in [0.4, 0.5) is 11.4 Å². The topological polar surface area (TPSA) is 46.8 Å². The average molecular weight is 704 g/mol. The van der Waals surface area contributed by atoms with Crippen LogP contribution in [0.1, 0.15) is 0 Å². The third-order valence-corrected chi connectivity index (χ3v) is 14.6. The summed E-state index contributed by atoms with van der Waals surface area (Å²) >= 11 is 7.11. The smallest absolute Gasteiger partial charge is 0.238 e. The monoisotopic (exact) mass is 703 g/mol. The van der Waals surface area contributed by atoms with Crippen molar-refractivity contribution in [2.75, 3.05) is 4.67 Å². The lowest BCUT2D eigenvalue weighted by atomic mass is 10.00. The second-order valence-corrected chi connectivity index (χ2v) is 16.9. The quantitative estimate of drug-likeness (QED) is 0.167. The molecule has 7 aromatic carbocycles. The second-order valence-electron chi connectivity index (χ2n) is 12.8.